The Kier molecular flexibility index (Phi) is 8.29. The van der Waals surface area contributed by atoms with Crippen LogP contribution < -0.4 is 15.4 Å². The van der Waals surface area contributed by atoms with Crippen molar-refractivity contribution >= 4 is 45.3 Å². The van der Waals surface area contributed by atoms with Crippen LogP contribution >= 0.6 is 0 Å². The Morgan fingerprint density at radius 2 is 1.68 bits per heavy atom. The van der Waals surface area contributed by atoms with Crippen molar-refractivity contribution in [2.75, 3.05) is 46.2 Å². The van der Waals surface area contributed by atoms with Gasteiger partial charge < -0.3 is 30.4 Å². The summed E-state index contributed by atoms with van der Waals surface area (Å²) < 4.78 is 5.46. The number of amides is 2. The minimum absolute atomic E-state index is 0.0102. The van der Waals surface area contributed by atoms with Gasteiger partial charge in [-0.1, -0.05) is 18.2 Å². The lowest BCUT2D eigenvalue weighted by Gasteiger charge is -2.35. The van der Waals surface area contributed by atoms with E-state index in [4.69, 9.17) is 4.74 Å². The van der Waals surface area contributed by atoms with Crippen LogP contribution in [0, 0.1) is 11.8 Å². The number of aliphatic carboxylic acids is 1. The van der Waals surface area contributed by atoms with Crippen molar-refractivity contribution in [1.82, 2.24) is 20.1 Å². The molecule has 44 heavy (non-hydrogen) atoms. The number of nitrogens with zero attached hydrogens (tertiary/aromatic N) is 2. The first kappa shape index (κ1) is 29.7. The van der Waals surface area contributed by atoms with Gasteiger partial charge in [-0.05, 0) is 100 Å². The molecule has 230 valence electrons. The predicted octanol–water partition coefficient (Wildman–Crippen LogP) is 4.76. The van der Waals surface area contributed by atoms with Gasteiger partial charge in [0.05, 0.1) is 30.3 Å². The van der Waals surface area contributed by atoms with Gasteiger partial charge in [-0.2, -0.15) is 0 Å². The molecule has 2 unspecified atom stereocenters. The topological polar surface area (TPSA) is 127 Å². The second-order valence-electron chi connectivity index (χ2n) is 12.2. The van der Waals surface area contributed by atoms with E-state index in [0.717, 1.165) is 53.3 Å². The molecule has 2 aliphatic heterocycles. The molecular weight excluding hydrogens is 558 g/mol. The molecule has 2 amide bonds. The van der Waals surface area contributed by atoms with E-state index in [1.807, 2.05) is 60.5 Å². The van der Waals surface area contributed by atoms with Crippen LogP contribution in [-0.4, -0.2) is 84.7 Å². The molecule has 0 saturated carbocycles. The van der Waals surface area contributed by atoms with E-state index in [9.17, 15) is 19.5 Å². The lowest BCUT2D eigenvalue weighted by molar-refractivity contribution is -0.144. The number of benzene rings is 3. The molecule has 2 aliphatic rings. The Morgan fingerprint density at radius 3 is 2.43 bits per heavy atom. The number of carbonyl (C=O) groups excluding carboxylic acids is 2. The number of carbonyl (C=O) groups is 3. The maximum absolute atomic E-state index is 14.0. The van der Waals surface area contributed by atoms with Gasteiger partial charge in [-0.15, -0.1) is 0 Å². The third-order valence-corrected chi connectivity index (χ3v) is 9.23. The number of piperidine rings is 2. The lowest BCUT2D eigenvalue weighted by Crippen LogP contribution is -2.51. The molecule has 2 fully saturated rings. The summed E-state index contributed by atoms with van der Waals surface area (Å²) in [6.07, 6.45) is 2.16. The Labute approximate surface area is 256 Å². The number of H-pyrrole nitrogens is 1. The number of hydrogen-bond donors (Lipinski definition) is 4. The Balaban J connectivity index is 1.37. The SMILES string of the molecule is COc1cccc(-c2cc(C(=O)NC3CC(C(=O)O)CCN3C)c3[nH]c4cc(NC(=O)C5CCN(C)CC5)ccc4c3c2)c1. The molecule has 10 heteroatoms. The molecule has 6 rings (SSSR count). The average Bonchev–Trinajstić information content (AvgIpc) is 3.39. The number of nitrogens with one attached hydrogen (secondary N) is 3. The zero-order chi connectivity index (χ0) is 31.0. The number of hydrogen-bond acceptors (Lipinski definition) is 6. The van der Waals surface area contributed by atoms with Crippen LogP contribution in [0.15, 0.2) is 54.6 Å². The monoisotopic (exact) mass is 597 g/mol. The number of ether oxygens (including phenoxy) is 1. The highest BCUT2D eigenvalue weighted by atomic mass is 16.5. The molecular formula is C34H39N5O5. The van der Waals surface area contributed by atoms with Gasteiger partial charge in [0.1, 0.15) is 5.75 Å². The number of aromatic nitrogens is 1. The summed E-state index contributed by atoms with van der Waals surface area (Å²) in [7, 11) is 5.59. The van der Waals surface area contributed by atoms with E-state index in [-0.39, 0.29) is 17.7 Å². The minimum Gasteiger partial charge on any atom is -0.497 e. The summed E-state index contributed by atoms with van der Waals surface area (Å²) in [6.45, 7) is 2.40. The van der Waals surface area contributed by atoms with Gasteiger partial charge in [-0.3, -0.25) is 19.3 Å². The fraction of sp³-hybridized carbons (Fsp3) is 0.382. The first-order chi connectivity index (χ1) is 21.2. The second kappa shape index (κ2) is 12.3. The highest BCUT2D eigenvalue weighted by Crippen LogP contribution is 2.35. The molecule has 0 radical (unpaired) electrons. The number of anilines is 1. The third kappa shape index (κ3) is 6.00. The summed E-state index contributed by atoms with van der Waals surface area (Å²) in [6, 6.07) is 17.4. The van der Waals surface area contributed by atoms with E-state index >= 15 is 0 Å². The van der Waals surface area contributed by atoms with Crippen LogP contribution in [0.3, 0.4) is 0 Å². The van der Waals surface area contributed by atoms with Crippen molar-refractivity contribution in [1.29, 1.82) is 0 Å². The first-order valence-electron chi connectivity index (χ1n) is 15.2. The predicted molar refractivity (Wildman–Crippen MR) is 171 cm³/mol. The summed E-state index contributed by atoms with van der Waals surface area (Å²) in [5, 5.41) is 17.6. The molecule has 2 atom stereocenters. The van der Waals surface area contributed by atoms with E-state index in [1.165, 1.54) is 0 Å². The fourth-order valence-corrected chi connectivity index (χ4v) is 6.45. The van der Waals surface area contributed by atoms with Crippen molar-refractivity contribution in [3.05, 3.63) is 60.2 Å². The van der Waals surface area contributed by atoms with Gasteiger partial charge in [0.25, 0.3) is 5.91 Å². The lowest BCUT2D eigenvalue weighted by atomic mass is 9.94. The highest BCUT2D eigenvalue weighted by molar-refractivity contribution is 6.17. The maximum atomic E-state index is 14.0. The molecule has 3 aromatic carbocycles. The minimum atomic E-state index is -0.839. The zero-order valence-electron chi connectivity index (χ0n) is 25.4. The van der Waals surface area contributed by atoms with Crippen molar-refractivity contribution in [3.8, 4) is 16.9 Å². The van der Waals surface area contributed by atoms with Crippen LogP contribution in [0.5, 0.6) is 5.75 Å². The van der Waals surface area contributed by atoms with Crippen LogP contribution in [-0.2, 0) is 9.59 Å². The highest BCUT2D eigenvalue weighted by Gasteiger charge is 2.32. The molecule has 4 aromatic rings. The molecule has 10 nitrogen and oxygen atoms in total. The van der Waals surface area contributed by atoms with E-state index in [2.05, 4.69) is 33.6 Å². The molecule has 2 saturated heterocycles. The van der Waals surface area contributed by atoms with Crippen LogP contribution in [0.1, 0.15) is 36.0 Å². The van der Waals surface area contributed by atoms with Crippen molar-refractivity contribution in [3.63, 3.8) is 0 Å². The maximum Gasteiger partial charge on any atom is 0.306 e. The molecule has 3 heterocycles. The quantitative estimate of drug-likeness (QED) is 0.242. The van der Waals surface area contributed by atoms with Crippen molar-refractivity contribution in [2.45, 2.75) is 31.8 Å². The Bertz CT molecular complexity index is 1720. The van der Waals surface area contributed by atoms with Gasteiger partial charge in [-0.25, -0.2) is 0 Å². The molecule has 0 bridgehead atoms. The van der Waals surface area contributed by atoms with Crippen LogP contribution in [0.25, 0.3) is 32.9 Å². The van der Waals surface area contributed by atoms with Crippen molar-refractivity contribution in [2.24, 2.45) is 11.8 Å². The smallest absolute Gasteiger partial charge is 0.306 e. The van der Waals surface area contributed by atoms with Gasteiger partial charge in [0.15, 0.2) is 0 Å². The average molecular weight is 598 g/mol. The largest absolute Gasteiger partial charge is 0.497 e. The molecule has 0 spiro atoms. The summed E-state index contributed by atoms with van der Waals surface area (Å²) in [4.78, 5) is 46.4. The summed E-state index contributed by atoms with van der Waals surface area (Å²) >= 11 is 0. The van der Waals surface area contributed by atoms with Crippen LogP contribution in [0.2, 0.25) is 0 Å². The Hall–Kier alpha value is -4.41. The van der Waals surface area contributed by atoms with E-state index < -0.39 is 18.1 Å². The van der Waals surface area contributed by atoms with Crippen molar-refractivity contribution < 1.29 is 24.2 Å². The number of aromatic amines is 1. The molecule has 1 aromatic heterocycles. The number of likely N-dealkylation sites (tertiary alicyclic amines) is 2. The van der Waals surface area contributed by atoms with Gasteiger partial charge in [0, 0.05) is 34.4 Å². The molecule has 0 aliphatic carbocycles. The van der Waals surface area contributed by atoms with Gasteiger partial charge >= 0.3 is 5.97 Å². The number of carboxylic acid groups (broad SMARTS) is 1. The van der Waals surface area contributed by atoms with Crippen LogP contribution in [0.4, 0.5) is 5.69 Å². The van der Waals surface area contributed by atoms with E-state index in [0.29, 0.717) is 41.9 Å². The van der Waals surface area contributed by atoms with Gasteiger partial charge in [0.2, 0.25) is 5.91 Å². The second-order valence-corrected chi connectivity index (χ2v) is 12.2. The van der Waals surface area contributed by atoms with E-state index in [1.54, 1.807) is 7.11 Å². The standard InChI is InChI=1S/C34H39N5O5/c1-38-12-9-20(10-13-38)32(40)35-24-7-8-26-27-16-23(21-5-4-6-25(15-21)44-3)17-28(31(27)36-29(26)19-24)33(41)37-30-18-22(34(42)43)11-14-39(30)2/h4-8,15-17,19-20,22,30,36H,9-14,18H2,1-3H3,(H,35,40)(H,37,41)(H,42,43). The number of fused-ring (bicyclic) bond motifs is 3. The first-order valence-corrected chi connectivity index (χ1v) is 15.2. The number of carboxylic acids is 1. The molecule has 4 N–H and O–H groups in total. The zero-order valence-corrected chi connectivity index (χ0v) is 25.4. The fourth-order valence-electron chi connectivity index (χ4n) is 6.45. The summed E-state index contributed by atoms with van der Waals surface area (Å²) in [5.41, 5.74) is 4.39. The third-order valence-electron chi connectivity index (χ3n) is 9.23. The Morgan fingerprint density at radius 1 is 0.909 bits per heavy atom. The summed E-state index contributed by atoms with van der Waals surface area (Å²) in [5.74, 6) is -0.898. The number of rotatable bonds is 7. The normalized spacial score (nSPS) is 20.1. The number of methoxy groups -OCH3 is 1.